The standard InChI is InChI=1S/C34H31F2N5O5/c1-20-3-14-27(34(44)41(20)24-9-6-22(35)7-10-24)33(43)37-23-8-15-29(28(36)17-23)46-26-13-16-31-38-30(19-40(31)18-26)39-32(42)21-4-11-25(45-2)12-5-21/h3,6-10,13-19,21,25H,4-5,11-12H2,1-2H3,(H,37,43)(H,39,42). The van der Waals surface area contributed by atoms with Crippen LogP contribution in [0.25, 0.3) is 11.3 Å². The second-order valence-corrected chi connectivity index (χ2v) is 11.2. The van der Waals surface area contributed by atoms with Crippen molar-refractivity contribution in [2.45, 2.75) is 38.7 Å². The topological polar surface area (TPSA) is 116 Å². The van der Waals surface area contributed by atoms with Gasteiger partial charge >= 0.3 is 0 Å². The highest BCUT2D eigenvalue weighted by Crippen LogP contribution is 2.29. The Morgan fingerprint density at radius 3 is 2.39 bits per heavy atom. The van der Waals surface area contributed by atoms with E-state index < -0.39 is 23.1 Å². The van der Waals surface area contributed by atoms with Crippen molar-refractivity contribution in [2.24, 2.45) is 5.92 Å². The molecule has 0 unspecified atom stereocenters. The Kier molecular flexibility index (Phi) is 8.62. The third-order valence-corrected chi connectivity index (χ3v) is 8.08. The van der Waals surface area contributed by atoms with Crippen LogP contribution in [0.2, 0.25) is 0 Å². The molecule has 2 amide bonds. The number of aryl methyl sites for hydroxylation is 1. The lowest BCUT2D eigenvalue weighted by atomic mass is 9.87. The number of methoxy groups -OCH3 is 1. The number of benzene rings is 2. The van der Waals surface area contributed by atoms with E-state index in [9.17, 15) is 18.8 Å². The fourth-order valence-electron chi connectivity index (χ4n) is 5.58. The highest BCUT2D eigenvalue weighted by molar-refractivity contribution is 6.04. The number of nitrogens with zero attached hydrogens (tertiary/aromatic N) is 3. The van der Waals surface area contributed by atoms with Crippen molar-refractivity contribution in [2.75, 3.05) is 17.7 Å². The number of carbonyl (C=O) groups excluding carboxylic acids is 2. The lowest BCUT2D eigenvalue weighted by Crippen LogP contribution is -2.29. The molecule has 1 fully saturated rings. The van der Waals surface area contributed by atoms with E-state index in [0.29, 0.717) is 28.6 Å². The molecule has 236 valence electrons. The Labute approximate surface area is 262 Å². The lowest BCUT2D eigenvalue weighted by molar-refractivity contribution is -0.121. The lowest BCUT2D eigenvalue weighted by Gasteiger charge is -2.26. The number of fused-ring (bicyclic) bond motifs is 1. The molecule has 5 aromatic rings. The predicted molar refractivity (Wildman–Crippen MR) is 168 cm³/mol. The fraction of sp³-hybridized carbons (Fsp3) is 0.235. The van der Waals surface area contributed by atoms with Gasteiger partial charge in [-0.3, -0.25) is 19.0 Å². The molecule has 12 heteroatoms. The maximum Gasteiger partial charge on any atom is 0.268 e. The van der Waals surface area contributed by atoms with Gasteiger partial charge in [0.15, 0.2) is 17.4 Å². The van der Waals surface area contributed by atoms with Gasteiger partial charge in [-0.1, -0.05) is 0 Å². The first-order chi connectivity index (χ1) is 22.2. The van der Waals surface area contributed by atoms with Gasteiger partial charge in [-0.2, -0.15) is 0 Å². The molecule has 1 aliphatic rings. The number of ether oxygens (including phenoxy) is 2. The van der Waals surface area contributed by atoms with Crippen LogP contribution in [0.15, 0.2) is 83.9 Å². The molecule has 3 heterocycles. The summed E-state index contributed by atoms with van der Waals surface area (Å²) in [5, 5.41) is 5.43. The smallest absolute Gasteiger partial charge is 0.268 e. The van der Waals surface area contributed by atoms with E-state index in [0.717, 1.165) is 31.7 Å². The summed E-state index contributed by atoms with van der Waals surface area (Å²) < 4.78 is 42.6. The van der Waals surface area contributed by atoms with Crippen molar-refractivity contribution >= 4 is 29.0 Å². The molecule has 1 saturated carbocycles. The van der Waals surface area contributed by atoms with Crippen LogP contribution >= 0.6 is 0 Å². The molecule has 10 nitrogen and oxygen atoms in total. The number of pyridine rings is 2. The van der Waals surface area contributed by atoms with Gasteiger partial charge in [0, 0.05) is 36.2 Å². The van der Waals surface area contributed by atoms with Crippen LogP contribution in [0.1, 0.15) is 41.7 Å². The molecule has 2 N–H and O–H groups in total. The van der Waals surface area contributed by atoms with Crippen LogP contribution in [-0.2, 0) is 9.53 Å². The average molecular weight is 628 g/mol. The number of halogens is 2. The fourth-order valence-corrected chi connectivity index (χ4v) is 5.58. The van der Waals surface area contributed by atoms with Crippen molar-refractivity contribution in [3.05, 3.63) is 112 Å². The van der Waals surface area contributed by atoms with Gasteiger partial charge in [-0.05, 0) is 93.3 Å². The van der Waals surface area contributed by atoms with Crippen LogP contribution in [0.3, 0.4) is 0 Å². The highest BCUT2D eigenvalue weighted by Gasteiger charge is 2.26. The van der Waals surface area contributed by atoms with E-state index in [1.165, 1.54) is 47.0 Å². The second kappa shape index (κ2) is 12.9. The van der Waals surface area contributed by atoms with Crippen LogP contribution in [0.4, 0.5) is 20.3 Å². The average Bonchev–Trinajstić information content (AvgIpc) is 3.44. The van der Waals surface area contributed by atoms with Crippen LogP contribution in [0.5, 0.6) is 11.5 Å². The molecule has 2 aromatic carbocycles. The van der Waals surface area contributed by atoms with E-state index in [1.807, 2.05) is 0 Å². The minimum absolute atomic E-state index is 0.0791. The minimum Gasteiger partial charge on any atom is -0.453 e. The Bertz CT molecular complexity index is 1980. The Morgan fingerprint density at radius 2 is 1.67 bits per heavy atom. The first-order valence-electron chi connectivity index (χ1n) is 14.8. The van der Waals surface area contributed by atoms with E-state index >= 15 is 4.39 Å². The van der Waals surface area contributed by atoms with Gasteiger partial charge in [0.25, 0.3) is 11.5 Å². The van der Waals surface area contributed by atoms with Crippen molar-refractivity contribution in [3.8, 4) is 17.2 Å². The summed E-state index contributed by atoms with van der Waals surface area (Å²) in [6, 6.07) is 15.5. The molecule has 1 aliphatic carbocycles. The molecule has 0 spiro atoms. The Hall–Kier alpha value is -5.36. The van der Waals surface area contributed by atoms with Crippen molar-refractivity contribution in [3.63, 3.8) is 0 Å². The molecule has 3 aromatic heterocycles. The van der Waals surface area contributed by atoms with Crippen molar-refractivity contribution in [1.82, 2.24) is 14.0 Å². The van der Waals surface area contributed by atoms with E-state index in [4.69, 9.17) is 9.47 Å². The first-order valence-corrected chi connectivity index (χ1v) is 14.8. The summed E-state index contributed by atoms with van der Waals surface area (Å²) in [5.74, 6) is -1.47. The normalized spacial score (nSPS) is 16.3. The summed E-state index contributed by atoms with van der Waals surface area (Å²) in [6.45, 7) is 1.69. The van der Waals surface area contributed by atoms with Gasteiger partial charge in [0.05, 0.1) is 18.5 Å². The van der Waals surface area contributed by atoms with Gasteiger partial charge in [-0.15, -0.1) is 0 Å². The third kappa shape index (κ3) is 6.52. The summed E-state index contributed by atoms with van der Waals surface area (Å²) in [7, 11) is 1.69. The maximum absolute atomic E-state index is 15.1. The third-order valence-electron chi connectivity index (χ3n) is 8.08. The largest absolute Gasteiger partial charge is 0.453 e. The molecule has 0 bridgehead atoms. The van der Waals surface area contributed by atoms with E-state index in [-0.39, 0.29) is 34.9 Å². The predicted octanol–water partition coefficient (Wildman–Crippen LogP) is 6.26. The molecule has 0 radical (unpaired) electrons. The molecule has 0 aliphatic heterocycles. The van der Waals surface area contributed by atoms with Gasteiger partial charge in [0.2, 0.25) is 5.91 Å². The number of hydrogen-bond donors (Lipinski definition) is 2. The molecule has 6 rings (SSSR count). The zero-order chi connectivity index (χ0) is 32.4. The van der Waals surface area contributed by atoms with Crippen LogP contribution in [0, 0.1) is 24.5 Å². The number of amides is 2. The Balaban J connectivity index is 1.12. The number of aromatic nitrogens is 3. The monoisotopic (exact) mass is 627 g/mol. The molecule has 46 heavy (non-hydrogen) atoms. The number of rotatable bonds is 8. The quantitative estimate of drug-likeness (QED) is 0.210. The number of carbonyl (C=O) groups is 2. The van der Waals surface area contributed by atoms with Gasteiger partial charge in [0.1, 0.15) is 22.8 Å². The summed E-state index contributed by atoms with van der Waals surface area (Å²) in [4.78, 5) is 43.4. The van der Waals surface area contributed by atoms with E-state index in [2.05, 4.69) is 15.6 Å². The van der Waals surface area contributed by atoms with Crippen LogP contribution < -0.4 is 20.9 Å². The molecular weight excluding hydrogens is 596 g/mol. The summed E-state index contributed by atoms with van der Waals surface area (Å²) >= 11 is 0. The number of nitrogens with one attached hydrogen (secondary N) is 2. The van der Waals surface area contributed by atoms with E-state index in [1.54, 1.807) is 49.0 Å². The highest BCUT2D eigenvalue weighted by atomic mass is 19.1. The Morgan fingerprint density at radius 1 is 0.913 bits per heavy atom. The summed E-state index contributed by atoms with van der Waals surface area (Å²) in [6.07, 6.45) is 6.67. The SMILES string of the molecule is COC1CCC(C(=O)Nc2cn3cc(Oc4ccc(NC(=O)c5ccc(C)n(-c6ccc(F)cc6)c5=O)cc4F)ccc3n2)CC1. The molecular formula is C34H31F2N5O5. The van der Waals surface area contributed by atoms with Gasteiger partial charge < -0.3 is 24.5 Å². The number of imidazole rings is 1. The molecule has 0 atom stereocenters. The maximum atomic E-state index is 15.1. The second-order valence-electron chi connectivity index (χ2n) is 11.2. The first kappa shape index (κ1) is 30.7. The summed E-state index contributed by atoms with van der Waals surface area (Å²) in [5.41, 5.74) is 0.871. The minimum atomic E-state index is -0.743. The number of hydrogen-bond acceptors (Lipinski definition) is 6. The zero-order valence-corrected chi connectivity index (χ0v) is 25.1. The zero-order valence-electron chi connectivity index (χ0n) is 25.1. The van der Waals surface area contributed by atoms with Crippen LogP contribution in [-0.4, -0.2) is 39.0 Å². The van der Waals surface area contributed by atoms with Crippen molar-refractivity contribution in [1.29, 1.82) is 0 Å². The number of anilines is 2. The molecule has 0 saturated heterocycles. The van der Waals surface area contributed by atoms with Gasteiger partial charge in [-0.25, -0.2) is 13.8 Å². The van der Waals surface area contributed by atoms with Crippen molar-refractivity contribution < 1.29 is 27.8 Å².